The Bertz CT molecular complexity index is 447. The van der Waals surface area contributed by atoms with Crippen molar-refractivity contribution in [2.75, 3.05) is 6.61 Å². The molecule has 1 aromatic carbocycles. The van der Waals surface area contributed by atoms with Gasteiger partial charge >= 0.3 is 6.18 Å². The Morgan fingerprint density at radius 2 is 2.05 bits per heavy atom. The zero-order valence-electron chi connectivity index (χ0n) is 11.1. The first-order valence-corrected chi connectivity index (χ1v) is 6.35. The third kappa shape index (κ3) is 3.09. The molecule has 1 aromatic rings. The van der Waals surface area contributed by atoms with Gasteiger partial charge in [-0.1, -0.05) is 18.2 Å². The summed E-state index contributed by atoms with van der Waals surface area (Å²) < 4.78 is 44.1. The average molecular weight is 273 g/mol. The molecule has 1 aliphatic heterocycles. The zero-order chi connectivity index (χ0) is 14.1. The van der Waals surface area contributed by atoms with Gasteiger partial charge in [-0.15, -0.1) is 0 Å². The molecule has 1 N–H and O–H groups in total. The second-order valence-corrected chi connectivity index (χ2v) is 5.19. The summed E-state index contributed by atoms with van der Waals surface area (Å²) in [5.74, 6) is 0. The van der Waals surface area contributed by atoms with Gasteiger partial charge in [-0.25, -0.2) is 0 Å². The minimum absolute atomic E-state index is 0.00514. The highest BCUT2D eigenvalue weighted by atomic mass is 19.4. The minimum atomic E-state index is -4.31. The molecule has 5 heteroatoms. The van der Waals surface area contributed by atoms with E-state index in [1.807, 2.05) is 13.8 Å². The summed E-state index contributed by atoms with van der Waals surface area (Å²) in [6, 6.07) is 5.67. The first kappa shape index (κ1) is 14.3. The van der Waals surface area contributed by atoms with E-state index < -0.39 is 11.7 Å². The molecule has 0 aliphatic carbocycles. The third-order valence-electron chi connectivity index (χ3n) is 3.89. The summed E-state index contributed by atoms with van der Waals surface area (Å²) in [5.41, 5.74) is -0.563. The molecule has 0 spiro atoms. The largest absolute Gasteiger partial charge is 0.416 e. The van der Waals surface area contributed by atoms with E-state index >= 15 is 0 Å². The number of hydrogen-bond acceptors (Lipinski definition) is 2. The summed E-state index contributed by atoms with van der Waals surface area (Å²) in [4.78, 5) is 0. The number of rotatable bonds is 3. The molecular weight excluding hydrogens is 255 g/mol. The zero-order valence-corrected chi connectivity index (χ0v) is 11.1. The highest BCUT2D eigenvalue weighted by molar-refractivity contribution is 5.29. The average Bonchev–Trinajstić information content (AvgIpc) is 2.67. The molecule has 106 valence electrons. The lowest BCUT2D eigenvalue weighted by molar-refractivity contribution is -0.138. The molecule has 1 fully saturated rings. The van der Waals surface area contributed by atoms with E-state index in [2.05, 4.69) is 5.32 Å². The van der Waals surface area contributed by atoms with Crippen molar-refractivity contribution in [1.29, 1.82) is 0 Å². The van der Waals surface area contributed by atoms with Gasteiger partial charge < -0.3 is 10.1 Å². The Hall–Kier alpha value is -1.07. The molecule has 2 nitrogen and oxygen atoms in total. The number of alkyl halides is 3. The van der Waals surface area contributed by atoms with E-state index in [0.29, 0.717) is 6.61 Å². The van der Waals surface area contributed by atoms with Crippen molar-refractivity contribution in [2.24, 2.45) is 0 Å². The number of hydrogen-bond donors (Lipinski definition) is 1. The maximum absolute atomic E-state index is 12.9. The smallest absolute Gasteiger partial charge is 0.377 e. The van der Waals surface area contributed by atoms with Gasteiger partial charge in [0.1, 0.15) is 0 Å². The predicted molar refractivity (Wildman–Crippen MR) is 66.7 cm³/mol. The molecule has 0 bridgehead atoms. The first-order valence-electron chi connectivity index (χ1n) is 6.35. The normalized spacial score (nSPS) is 27.7. The van der Waals surface area contributed by atoms with Gasteiger partial charge in [0, 0.05) is 18.7 Å². The van der Waals surface area contributed by atoms with Crippen LogP contribution in [0.2, 0.25) is 0 Å². The van der Waals surface area contributed by atoms with Crippen LogP contribution in [0.1, 0.15) is 31.4 Å². The lowest BCUT2D eigenvalue weighted by Crippen LogP contribution is -2.47. The predicted octanol–water partition coefficient (Wildman–Crippen LogP) is 3.36. The third-order valence-corrected chi connectivity index (χ3v) is 3.89. The molecule has 2 atom stereocenters. The molecule has 1 aliphatic rings. The van der Waals surface area contributed by atoms with Gasteiger partial charge in [0.05, 0.1) is 11.7 Å². The van der Waals surface area contributed by atoms with E-state index in [0.717, 1.165) is 12.5 Å². The van der Waals surface area contributed by atoms with Crippen LogP contribution in [-0.2, 0) is 17.5 Å². The van der Waals surface area contributed by atoms with Gasteiger partial charge in [-0.3, -0.25) is 0 Å². The molecule has 0 radical (unpaired) electrons. The maximum atomic E-state index is 12.9. The second-order valence-electron chi connectivity index (χ2n) is 5.19. The quantitative estimate of drug-likeness (QED) is 0.911. The fourth-order valence-electron chi connectivity index (χ4n) is 2.32. The molecule has 19 heavy (non-hydrogen) atoms. The van der Waals surface area contributed by atoms with E-state index in [1.54, 1.807) is 6.07 Å². The Kier molecular flexibility index (Phi) is 3.87. The molecule has 1 saturated heterocycles. The van der Waals surface area contributed by atoms with Crippen molar-refractivity contribution < 1.29 is 17.9 Å². The highest BCUT2D eigenvalue weighted by Gasteiger charge is 2.37. The highest BCUT2D eigenvalue weighted by Crippen LogP contribution is 2.32. The minimum Gasteiger partial charge on any atom is -0.377 e. The lowest BCUT2D eigenvalue weighted by Gasteiger charge is -2.29. The Balaban J connectivity index is 2.12. The Labute approximate surface area is 111 Å². The van der Waals surface area contributed by atoms with Gasteiger partial charge in [0.2, 0.25) is 0 Å². The van der Waals surface area contributed by atoms with Gasteiger partial charge in [0.25, 0.3) is 0 Å². The van der Waals surface area contributed by atoms with E-state index in [9.17, 15) is 13.2 Å². The lowest BCUT2D eigenvalue weighted by atomic mass is 9.94. The topological polar surface area (TPSA) is 21.3 Å². The van der Waals surface area contributed by atoms with E-state index in [1.165, 1.54) is 12.1 Å². The van der Waals surface area contributed by atoms with Crippen LogP contribution in [0.4, 0.5) is 13.2 Å². The van der Waals surface area contributed by atoms with Crippen LogP contribution in [-0.4, -0.2) is 18.2 Å². The molecular formula is C14H18F3NO. The fraction of sp³-hybridized carbons (Fsp3) is 0.571. The molecule has 0 amide bonds. The first-order chi connectivity index (χ1) is 8.83. The SMILES string of the molecule is CC1OCCC1(C)NCc1ccccc1C(F)(F)F. The van der Waals surface area contributed by atoms with Crippen LogP contribution in [0.3, 0.4) is 0 Å². The van der Waals surface area contributed by atoms with E-state index in [-0.39, 0.29) is 23.8 Å². The Morgan fingerprint density at radius 1 is 1.37 bits per heavy atom. The van der Waals surface area contributed by atoms with Gasteiger partial charge in [-0.05, 0) is 31.9 Å². The fourth-order valence-corrected chi connectivity index (χ4v) is 2.32. The maximum Gasteiger partial charge on any atom is 0.416 e. The molecule has 0 aromatic heterocycles. The van der Waals surface area contributed by atoms with E-state index in [4.69, 9.17) is 4.74 Å². The van der Waals surface area contributed by atoms with Crippen LogP contribution in [0.5, 0.6) is 0 Å². The number of nitrogens with one attached hydrogen (secondary N) is 1. The van der Waals surface area contributed by atoms with Crippen molar-refractivity contribution in [3.63, 3.8) is 0 Å². The molecule has 2 unspecified atom stereocenters. The molecule has 2 rings (SSSR count). The van der Waals surface area contributed by atoms with Crippen LogP contribution < -0.4 is 5.32 Å². The van der Waals surface area contributed by atoms with Crippen LogP contribution in [0, 0.1) is 0 Å². The van der Waals surface area contributed by atoms with Crippen molar-refractivity contribution in [1.82, 2.24) is 5.32 Å². The van der Waals surface area contributed by atoms with Gasteiger partial charge in [-0.2, -0.15) is 13.2 Å². The van der Waals surface area contributed by atoms with Crippen LogP contribution in [0.15, 0.2) is 24.3 Å². The van der Waals surface area contributed by atoms with Crippen molar-refractivity contribution >= 4 is 0 Å². The van der Waals surface area contributed by atoms with Gasteiger partial charge in [0.15, 0.2) is 0 Å². The monoisotopic (exact) mass is 273 g/mol. The Morgan fingerprint density at radius 3 is 2.63 bits per heavy atom. The van der Waals surface area contributed by atoms with Crippen molar-refractivity contribution in [3.05, 3.63) is 35.4 Å². The van der Waals surface area contributed by atoms with Crippen molar-refractivity contribution in [3.8, 4) is 0 Å². The standard InChI is InChI=1S/C14H18F3NO/c1-10-13(2,7-8-19-10)18-9-11-5-3-4-6-12(11)14(15,16)17/h3-6,10,18H,7-9H2,1-2H3. The number of halogens is 3. The summed E-state index contributed by atoms with van der Waals surface area (Å²) in [7, 11) is 0. The molecule has 0 saturated carbocycles. The number of benzene rings is 1. The summed E-state index contributed by atoms with van der Waals surface area (Å²) in [6.45, 7) is 4.77. The number of ether oxygens (including phenoxy) is 1. The summed E-state index contributed by atoms with van der Waals surface area (Å²) >= 11 is 0. The van der Waals surface area contributed by atoms with Crippen LogP contribution in [0.25, 0.3) is 0 Å². The molecule has 1 heterocycles. The van der Waals surface area contributed by atoms with Crippen molar-refractivity contribution in [2.45, 2.75) is 44.6 Å². The summed E-state index contributed by atoms with van der Waals surface area (Å²) in [5, 5.41) is 3.21. The summed E-state index contributed by atoms with van der Waals surface area (Å²) in [6.07, 6.45) is -3.50. The second kappa shape index (κ2) is 5.13. The van der Waals surface area contributed by atoms with Crippen LogP contribution >= 0.6 is 0 Å².